The van der Waals surface area contributed by atoms with Crippen LogP contribution in [0.4, 0.5) is 0 Å². The molecule has 0 saturated heterocycles. The van der Waals surface area contributed by atoms with E-state index in [0.717, 1.165) is 0 Å². The van der Waals surface area contributed by atoms with Crippen LogP contribution in [-0.4, -0.2) is 32.3 Å². The fourth-order valence-corrected chi connectivity index (χ4v) is 0.498. The minimum atomic E-state index is -0.694. The first kappa shape index (κ1) is 10.1. The SMILES string of the molecule is C=CCOCC(N)C(=O)OC. The second kappa shape index (κ2) is 5.88. The minimum absolute atomic E-state index is 0.165. The molecule has 0 rings (SSSR count). The van der Waals surface area contributed by atoms with E-state index in [-0.39, 0.29) is 6.61 Å². The zero-order valence-corrected chi connectivity index (χ0v) is 6.58. The molecule has 0 saturated carbocycles. The van der Waals surface area contributed by atoms with Crippen molar-refractivity contribution in [2.24, 2.45) is 5.73 Å². The van der Waals surface area contributed by atoms with Gasteiger partial charge in [0.15, 0.2) is 0 Å². The van der Waals surface area contributed by atoms with Gasteiger partial charge in [-0.15, -0.1) is 6.58 Å². The Hall–Kier alpha value is -0.870. The second-order valence-electron chi connectivity index (χ2n) is 1.96. The summed E-state index contributed by atoms with van der Waals surface area (Å²) in [5, 5.41) is 0. The van der Waals surface area contributed by atoms with Crippen LogP contribution in [0.5, 0.6) is 0 Å². The lowest BCUT2D eigenvalue weighted by molar-refractivity contribution is -0.143. The Labute approximate surface area is 66.0 Å². The third-order valence-corrected chi connectivity index (χ3v) is 1.04. The molecule has 0 bridgehead atoms. The molecule has 0 aliphatic carbocycles. The Morgan fingerprint density at radius 3 is 2.91 bits per heavy atom. The van der Waals surface area contributed by atoms with Crippen molar-refractivity contribution in [2.45, 2.75) is 6.04 Å². The minimum Gasteiger partial charge on any atom is -0.468 e. The predicted molar refractivity (Wildman–Crippen MR) is 41.0 cm³/mol. The van der Waals surface area contributed by atoms with Gasteiger partial charge in [-0.2, -0.15) is 0 Å². The Balaban J connectivity index is 3.43. The van der Waals surface area contributed by atoms with Gasteiger partial charge in [0.2, 0.25) is 0 Å². The number of methoxy groups -OCH3 is 1. The van der Waals surface area contributed by atoms with E-state index in [1.54, 1.807) is 6.08 Å². The Morgan fingerprint density at radius 1 is 1.82 bits per heavy atom. The van der Waals surface area contributed by atoms with Gasteiger partial charge in [0, 0.05) is 0 Å². The van der Waals surface area contributed by atoms with E-state index in [1.807, 2.05) is 0 Å². The highest BCUT2D eigenvalue weighted by Crippen LogP contribution is 1.85. The van der Waals surface area contributed by atoms with Crippen molar-refractivity contribution < 1.29 is 14.3 Å². The van der Waals surface area contributed by atoms with Crippen molar-refractivity contribution in [3.8, 4) is 0 Å². The number of rotatable bonds is 5. The fourth-order valence-electron chi connectivity index (χ4n) is 0.498. The monoisotopic (exact) mass is 159 g/mol. The summed E-state index contributed by atoms with van der Waals surface area (Å²) in [4.78, 5) is 10.7. The van der Waals surface area contributed by atoms with Crippen molar-refractivity contribution in [1.29, 1.82) is 0 Å². The summed E-state index contributed by atoms with van der Waals surface area (Å²) < 4.78 is 9.30. The summed E-state index contributed by atoms with van der Waals surface area (Å²) in [6.07, 6.45) is 1.59. The Bertz CT molecular complexity index is 136. The van der Waals surface area contributed by atoms with Gasteiger partial charge in [-0.3, -0.25) is 4.79 Å². The predicted octanol–water partition coefficient (Wildman–Crippen LogP) is -0.311. The number of ether oxygens (including phenoxy) is 2. The molecule has 11 heavy (non-hydrogen) atoms. The smallest absolute Gasteiger partial charge is 0.325 e. The van der Waals surface area contributed by atoms with Crippen LogP contribution in [0.3, 0.4) is 0 Å². The molecule has 1 atom stereocenters. The molecule has 0 amide bonds. The topological polar surface area (TPSA) is 61.5 Å². The van der Waals surface area contributed by atoms with Gasteiger partial charge in [-0.1, -0.05) is 6.08 Å². The van der Waals surface area contributed by atoms with E-state index in [2.05, 4.69) is 11.3 Å². The van der Waals surface area contributed by atoms with E-state index in [9.17, 15) is 4.79 Å². The number of hydrogen-bond donors (Lipinski definition) is 1. The lowest BCUT2D eigenvalue weighted by Crippen LogP contribution is -2.36. The zero-order chi connectivity index (χ0) is 8.69. The molecule has 0 aliphatic rings. The van der Waals surface area contributed by atoms with Crippen LogP contribution in [0.15, 0.2) is 12.7 Å². The maximum Gasteiger partial charge on any atom is 0.325 e. The third kappa shape index (κ3) is 4.52. The molecule has 0 heterocycles. The molecule has 0 aliphatic heterocycles. The zero-order valence-electron chi connectivity index (χ0n) is 6.58. The summed E-state index contributed by atoms with van der Waals surface area (Å²) in [7, 11) is 1.29. The number of nitrogens with two attached hydrogens (primary N) is 1. The molecule has 0 fully saturated rings. The number of hydrogen-bond acceptors (Lipinski definition) is 4. The van der Waals surface area contributed by atoms with Crippen molar-refractivity contribution in [3.05, 3.63) is 12.7 Å². The van der Waals surface area contributed by atoms with E-state index in [1.165, 1.54) is 7.11 Å². The number of carbonyl (C=O) groups excluding carboxylic acids is 1. The molecule has 0 spiro atoms. The molecule has 0 aromatic heterocycles. The van der Waals surface area contributed by atoms with Crippen molar-refractivity contribution in [1.82, 2.24) is 0 Å². The van der Waals surface area contributed by atoms with Gasteiger partial charge in [0.1, 0.15) is 6.04 Å². The summed E-state index contributed by atoms with van der Waals surface area (Å²) in [5.74, 6) is -0.464. The molecule has 4 heteroatoms. The highest BCUT2D eigenvalue weighted by atomic mass is 16.5. The normalized spacial score (nSPS) is 12.2. The summed E-state index contributed by atoms with van der Waals surface area (Å²) in [6.45, 7) is 4.00. The van der Waals surface area contributed by atoms with Gasteiger partial charge < -0.3 is 15.2 Å². The van der Waals surface area contributed by atoms with Crippen LogP contribution < -0.4 is 5.73 Å². The van der Waals surface area contributed by atoms with Crippen LogP contribution in [0.25, 0.3) is 0 Å². The molecule has 2 N–H and O–H groups in total. The van der Waals surface area contributed by atoms with Gasteiger partial charge in [-0.05, 0) is 0 Å². The van der Waals surface area contributed by atoms with E-state index in [4.69, 9.17) is 10.5 Å². The molecule has 0 aromatic carbocycles. The van der Waals surface area contributed by atoms with Crippen LogP contribution in [0.1, 0.15) is 0 Å². The summed E-state index contributed by atoms with van der Waals surface area (Å²) >= 11 is 0. The average molecular weight is 159 g/mol. The van der Waals surface area contributed by atoms with E-state index in [0.29, 0.717) is 6.61 Å². The van der Waals surface area contributed by atoms with Crippen molar-refractivity contribution in [2.75, 3.05) is 20.3 Å². The van der Waals surface area contributed by atoms with E-state index >= 15 is 0 Å². The molecule has 1 unspecified atom stereocenters. The van der Waals surface area contributed by atoms with Crippen LogP contribution in [0.2, 0.25) is 0 Å². The van der Waals surface area contributed by atoms with Gasteiger partial charge in [0.05, 0.1) is 20.3 Å². The highest BCUT2D eigenvalue weighted by Gasteiger charge is 2.12. The fraction of sp³-hybridized carbons (Fsp3) is 0.571. The largest absolute Gasteiger partial charge is 0.468 e. The lowest BCUT2D eigenvalue weighted by Gasteiger charge is -2.07. The quantitative estimate of drug-likeness (QED) is 0.339. The second-order valence-corrected chi connectivity index (χ2v) is 1.96. The maximum atomic E-state index is 10.7. The molecule has 4 nitrogen and oxygen atoms in total. The Kier molecular flexibility index (Phi) is 5.42. The van der Waals surface area contributed by atoms with Crippen LogP contribution >= 0.6 is 0 Å². The summed E-state index contributed by atoms with van der Waals surface area (Å²) in [5.41, 5.74) is 5.33. The van der Waals surface area contributed by atoms with Gasteiger partial charge in [0.25, 0.3) is 0 Å². The first-order valence-electron chi connectivity index (χ1n) is 3.24. The molecular formula is C7H13NO3. The Morgan fingerprint density at radius 2 is 2.45 bits per heavy atom. The van der Waals surface area contributed by atoms with Crippen LogP contribution in [-0.2, 0) is 14.3 Å². The summed E-state index contributed by atoms with van der Waals surface area (Å²) in [6, 6.07) is -0.694. The lowest BCUT2D eigenvalue weighted by atomic mass is 10.3. The molecule has 64 valence electrons. The first-order chi connectivity index (χ1) is 5.22. The molecular weight excluding hydrogens is 146 g/mol. The van der Waals surface area contributed by atoms with Crippen molar-refractivity contribution in [3.63, 3.8) is 0 Å². The van der Waals surface area contributed by atoms with Crippen molar-refractivity contribution >= 4 is 5.97 Å². The van der Waals surface area contributed by atoms with E-state index < -0.39 is 12.0 Å². The average Bonchev–Trinajstić information content (AvgIpc) is 2.03. The number of carbonyl (C=O) groups is 1. The van der Waals surface area contributed by atoms with Gasteiger partial charge >= 0.3 is 5.97 Å². The maximum absolute atomic E-state index is 10.7. The number of esters is 1. The third-order valence-electron chi connectivity index (χ3n) is 1.04. The van der Waals surface area contributed by atoms with Gasteiger partial charge in [-0.25, -0.2) is 0 Å². The molecule has 0 aromatic rings. The highest BCUT2D eigenvalue weighted by molar-refractivity contribution is 5.75. The van der Waals surface area contributed by atoms with Crippen LogP contribution in [0, 0.1) is 0 Å². The standard InChI is InChI=1S/C7H13NO3/c1-3-4-11-5-6(8)7(9)10-2/h3,6H,1,4-5,8H2,2H3. The first-order valence-corrected chi connectivity index (χ1v) is 3.24. The molecule has 0 radical (unpaired) electrons.